The highest BCUT2D eigenvalue weighted by molar-refractivity contribution is 7.79. The molecule has 0 aliphatic rings. The third-order valence-corrected chi connectivity index (χ3v) is 0. The monoisotopic (exact) mass is 243 g/mol. The third kappa shape index (κ3) is 2600. The van der Waals surface area contributed by atoms with Gasteiger partial charge < -0.3 is 19.9 Å². The fourth-order valence-corrected chi connectivity index (χ4v) is 0. The normalized spacial score (nSPS) is 9.08. The van der Waals surface area contributed by atoms with Crippen LogP contribution in [-0.2, 0) is 10.4 Å². The van der Waals surface area contributed by atoms with Crippen molar-refractivity contribution < 1.29 is 42.5 Å². The Kier molecular flexibility index (Phi) is 13.3. The van der Waals surface area contributed by atoms with Crippen molar-refractivity contribution in [1.29, 1.82) is 0 Å². The summed E-state index contributed by atoms with van der Waals surface area (Å²) in [4.78, 5) is 30.1. The molecule has 11 nitrogen and oxygen atoms in total. The van der Waals surface area contributed by atoms with Crippen molar-refractivity contribution >= 4 is 19.0 Å². The van der Waals surface area contributed by atoms with E-state index in [0.29, 0.717) is 0 Å². The summed E-state index contributed by atoms with van der Waals surface area (Å²) in [6.45, 7) is 0. The fraction of sp³-hybridized carbons (Fsp3) is 0. The van der Waals surface area contributed by atoms with E-state index in [1.54, 1.807) is 0 Å². The van der Waals surface area contributed by atoms with E-state index in [0.717, 1.165) is 0 Å². The molecule has 0 aromatic carbocycles. The van der Waals surface area contributed by atoms with Crippen LogP contribution in [0.2, 0.25) is 0 Å². The van der Waals surface area contributed by atoms with E-state index in [-0.39, 0.29) is 0 Å². The van der Waals surface area contributed by atoms with E-state index in [9.17, 15) is 0 Å². The molecule has 0 fully saturated rings. The molecule has 0 heterocycles. The Hall–Kier alpha value is -0.620. The SMILES string of the molecule is O=S(=O)(O)O.O=[N+]([O-])O.OP(O)O. The summed E-state index contributed by atoms with van der Waals surface area (Å²) < 4.78 is 31.6. The molecule has 0 radical (unpaired) electrons. The van der Waals surface area contributed by atoms with Gasteiger partial charge in [-0.2, -0.15) is 8.42 Å². The number of nitrogens with zero attached hydrogens (tertiary/aromatic N) is 1. The van der Waals surface area contributed by atoms with Crippen molar-refractivity contribution in [2.24, 2.45) is 0 Å². The quantitative estimate of drug-likeness (QED) is 0.122. The zero-order valence-electron chi connectivity index (χ0n) is 5.62. The van der Waals surface area contributed by atoms with Crippen LogP contribution in [0, 0.1) is 10.1 Å². The first kappa shape index (κ1) is 18.2. The predicted octanol–water partition coefficient (Wildman–Crippen LogP) is -1.81. The first-order valence-electron chi connectivity index (χ1n) is 1.86. The number of hydrogen-bond acceptors (Lipinski definition) is 7. The number of rotatable bonds is 0. The molecule has 0 saturated heterocycles. The second-order valence-electron chi connectivity index (χ2n) is 0.954. The van der Waals surface area contributed by atoms with Gasteiger partial charge in [-0.15, -0.1) is 10.1 Å². The molecule has 0 bridgehead atoms. The van der Waals surface area contributed by atoms with Crippen LogP contribution < -0.4 is 0 Å². The molecule has 13 heteroatoms. The summed E-state index contributed by atoms with van der Waals surface area (Å²) in [5, 5.41) is 13.6. The van der Waals surface area contributed by atoms with Gasteiger partial charge in [-0.25, -0.2) is 0 Å². The molecule has 0 unspecified atom stereocenters. The van der Waals surface area contributed by atoms with Crippen LogP contribution in [0.5, 0.6) is 0 Å². The second kappa shape index (κ2) is 9.47. The molecule has 0 amide bonds. The molecule has 0 rings (SSSR count). The smallest absolute Gasteiger partial charge is 0.328 e. The largest absolute Gasteiger partial charge is 0.394 e. The molecule has 13 heavy (non-hydrogen) atoms. The minimum atomic E-state index is -4.67. The van der Waals surface area contributed by atoms with Crippen molar-refractivity contribution in [3.63, 3.8) is 0 Å². The van der Waals surface area contributed by atoms with Crippen molar-refractivity contribution in [3.8, 4) is 0 Å². The Labute approximate surface area is 72.6 Å². The van der Waals surface area contributed by atoms with E-state index in [1.165, 1.54) is 0 Å². The topological polar surface area (TPSA) is 199 Å². The molecule has 0 atom stereocenters. The summed E-state index contributed by atoms with van der Waals surface area (Å²) in [5.74, 6) is 0. The summed E-state index contributed by atoms with van der Waals surface area (Å²) in [6, 6.07) is 0. The molecule has 6 N–H and O–H groups in total. The zero-order valence-corrected chi connectivity index (χ0v) is 7.33. The highest BCUT2D eigenvalue weighted by atomic mass is 32.3. The molecule has 0 aromatic heterocycles. The summed E-state index contributed by atoms with van der Waals surface area (Å²) in [5.41, 5.74) is 0. The average molecular weight is 243 g/mol. The van der Waals surface area contributed by atoms with Gasteiger partial charge >= 0.3 is 19.0 Å². The van der Waals surface area contributed by atoms with Crippen molar-refractivity contribution in [2.75, 3.05) is 0 Å². The van der Waals surface area contributed by atoms with E-state index in [4.69, 9.17) is 47.5 Å². The van der Waals surface area contributed by atoms with Crippen molar-refractivity contribution in [1.82, 2.24) is 0 Å². The molecular weight excluding hydrogens is 237 g/mol. The Bertz CT molecular complexity index is 188. The first-order valence-corrected chi connectivity index (χ1v) is 4.46. The highest BCUT2D eigenvalue weighted by Gasteiger charge is 1.84. The Morgan fingerprint density at radius 1 is 1.15 bits per heavy atom. The molecule has 0 spiro atoms. The van der Waals surface area contributed by atoms with Crippen molar-refractivity contribution in [2.45, 2.75) is 0 Å². The Morgan fingerprint density at radius 2 is 1.15 bits per heavy atom. The highest BCUT2D eigenvalue weighted by Crippen LogP contribution is 2.11. The summed E-state index contributed by atoms with van der Waals surface area (Å²) in [6.07, 6.45) is 0. The van der Waals surface area contributed by atoms with Gasteiger partial charge in [0.1, 0.15) is 0 Å². The van der Waals surface area contributed by atoms with E-state index < -0.39 is 24.1 Å². The fourth-order valence-electron chi connectivity index (χ4n) is 0. The van der Waals surface area contributed by atoms with Crippen LogP contribution in [-0.4, -0.2) is 42.5 Å². The van der Waals surface area contributed by atoms with Crippen LogP contribution in [0.4, 0.5) is 0 Å². The maximum absolute atomic E-state index is 8.74. The lowest BCUT2D eigenvalue weighted by Crippen LogP contribution is -1.89. The minimum Gasteiger partial charge on any atom is -0.328 e. The van der Waals surface area contributed by atoms with Crippen LogP contribution in [0.1, 0.15) is 0 Å². The lowest BCUT2D eigenvalue weighted by molar-refractivity contribution is -0.742. The predicted molar refractivity (Wildman–Crippen MR) is 36.5 cm³/mol. The molecule has 0 aromatic rings. The van der Waals surface area contributed by atoms with Gasteiger partial charge in [-0.05, 0) is 0 Å². The van der Waals surface area contributed by atoms with E-state index >= 15 is 0 Å². The standard InChI is InChI=1S/HNO3.H2O4S.H3O3P/c2-1(3)4;1-5(2,3)4;1-4(2)3/h(H,2,3,4);(H2,1,2,3,4);1-3H. The van der Waals surface area contributed by atoms with Gasteiger partial charge in [0.05, 0.1) is 0 Å². The molecular formula is H6NO10PS. The van der Waals surface area contributed by atoms with Crippen LogP contribution in [0.15, 0.2) is 0 Å². The first-order chi connectivity index (χ1) is 5.46. The van der Waals surface area contributed by atoms with Gasteiger partial charge in [0.15, 0.2) is 0 Å². The molecule has 0 saturated carbocycles. The maximum atomic E-state index is 8.74. The van der Waals surface area contributed by atoms with Gasteiger partial charge in [-0.3, -0.25) is 9.11 Å². The van der Waals surface area contributed by atoms with Gasteiger partial charge in [-0.1, -0.05) is 0 Å². The van der Waals surface area contributed by atoms with E-state index in [1.807, 2.05) is 0 Å². The minimum absolute atomic E-state index is 1.50. The molecule has 0 aliphatic carbocycles. The molecule has 0 aliphatic heterocycles. The van der Waals surface area contributed by atoms with E-state index in [2.05, 4.69) is 0 Å². The van der Waals surface area contributed by atoms with Gasteiger partial charge in [0.2, 0.25) is 0 Å². The van der Waals surface area contributed by atoms with Crippen LogP contribution >= 0.6 is 8.60 Å². The second-order valence-corrected chi connectivity index (χ2v) is 2.39. The maximum Gasteiger partial charge on any atom is 0.394 e. The van der Waals surface area contributed by atoms with Crippen LogP contribution in [0.25, 0.3) is 0 Å². The lowest BCUT2D eigenvalue weighted by Gasteiger charge is -1.76. The third-order valence-electron chi connectivity index (χ3n) is 0. The number of hydrogen-bond donors (Lipinski definition) is 6. The van der Waals surface area contributed by atoms with Crippen LogP contribution in [0.3, 0.4) is 0 Å². The van der Waals surface area contributed by atoms with Gasteiger partial charge in [0.25, 0.3) is 5.09 Å². The summed E-state index contributed by atoms with van der Waals surface area (Å²) >= 11 is 0. The average Bonchev–Trinajstić information content (AvgIpc) is 1.50. The Balaban J connectivity index is -0.000000117. The Morgan fingerprint density at radius 3 is 1.15 bits per heavy atom. The molecule has 82 valence electrons. The van der Waals surface area contributed by atoms with Gasteiger partial charge in [0, 0.05) is 0 Å². The lowest BCUT2D eigenvalue weighted by atomic mass is 13.1. The van der Waals surface area contributed by atoms with Crippen molar-refractivity contribution in [3.05, 3.63) is 10.1 Å². The summed E-state index contributed by atoms with van der Waals surface area (Å²) in [7, 11) is -7.29. The zero-order chi connectivity index (χ0) is 11.7.